The predicted molar refractivity (Wildman–Crippen MR) is 81.1 cm³/mol. The van der Waals surface area contributed by atoms with Gasteiger partial charge in [-0.1, -0.05) is 6.92 Å². The molecule has 0 aliphatic carbocycles. The van der Waals surface area contributed by atoms with Crippen molar-refractivity contribution in [3.63, 3.8) is 0 Å². The quantitative estimate of drug-likeness (QED) is 0.679. The molecule has 0 bridgehead atoms. The monoisotopic (exact) mass is 302 g/mol. The summed E-state index contributed by atoms with van der Waals surface area (Å²) in [4.78, 5) is 12.3. The van der Waals surface area contributed by atoms with Crippen LogP contribution in [0.1, 0.15) is 23.0 Å². The van der Waals surface area contributed by atoms with Crippen molar-refractivity contribution in [1.82, 2.24) is 0 Å². The van der Waals surface area contributed by atoms with Crippen LogP contribution in [0.25, 0.3) is 0 Å². The number of thiophene rings is 1. The van der Waals surface area contributed by atoms with Gasteiger partial charge in [-0.2, -0.15) is 0 Å². The summed E-state index contributed by atoms with van der Waals surface area (Å²) in [5.41, 5.74) is 6.35. The average molecular weight is 302 g/mol. The molecule has 20 heavy (non-hydrogen) atoms. The Morgan fingerprint density at radius 3 is 2.60 bits per heavy atom. The van der Waals surface area contributed by atoms with Gasteiger partial charge in [0, 0.05) is 27.2 Å². The van der Waals surface area contributed by atoms with Crippen LogP contribution in [0.4, 0.5) is 10.7 Å². The van der Waals surface area contributed by atoms with Crippen LogP contribution in [0.15, 0.2) is 0 Å². The number of anilines is 2. The van der Waals surface area contributed by atoms with Crippen molar-refractivity contribution in [1.29, 1.82) is 0 Å². The molecule has 1 heterocycles. The van der Waals surface area contributed by atoms with Crippen molar-refractivity contribution in [2.24, 2.45) is 0 Å². The average Bonchev–Trinajstić information content (AvgIpc) is 2.78. The van der Waals surface area contributed by atoms with Crippen molar-refractivity contribution in [3.8, 4) is 5.75 Å². The molecule has 0 aromatic carbocycles. The van der Waals surface area contributed by atoms with Crippen molar-refractivity contribution >= 4 is 27.8 Å². The SMILES string of the molecule is CCC(=O)c1sc(NCC(COC)OC)c(OC)c1N. The summed E-state index contributed by atoms with van der Waals surface area (Å²) in [7, 11) is 4.78. The molecule has 6 nitrogen and oxygen atoms in total. The third kappa shape index (κ3) is 3.84. The fraction of sp³-hybridized carbons (Fsp3) is 0.615. The van der Waals surface area contributed by atoms with Crippen LogP contribution < -0.4 is 15.8 Å². The molecule has 3 N–H and O–H groups in total. The molecule has 0 aliphatic rings. The number of nitrogens with one attached hydrogen (secondary N) is 1. The van der Waals surface area contributed by atoms with Gasteiger partial charge < -0.3 is 25.3 Å². The first kappa shape index (κ1) is 16.7. The van der Waals surface area contributed by atoms with Crippen molar-refractivity contribution in [2.45, 2.75) is 19.4 Å². The molecule has 114 valence electrons. The first-order chi connectivity index (χ1) is 9.58. The normalized spacial score (nSPS) is 12.2. The zero-order chi connectivity index (χ0) is 15.1. The molecule has 1 rings (SSSR count). The molecule has 0 radical (unpaired) electrons. The Morgan fingerprint density at radius 2 is 2.10 bits per heavy atom. The lowest BCUT2D eigenvalue weighted by Crippen LogP contribution is -2.26. The Balaban J connectivity index is 2.86. The van der Waals surface area contributed by atoms with Gasteiger partial charge in [-0.25, -0.2) is 0 Å². The van der Waals surface area contributed by atoms with Gasteiger partial charge in [-0.15, -0.1) is 11.3 Å². The number of Topliss-reactive ketones (excluding diaryl/α,β-unsaturated/α-hetero) is 1. The first-order valence-electron chi connectivity index (χ1n) is 6.34. The lowest BCUT2D eigenvalue weighted by atomic mass is 10.2. The van der Waals surface area contributed by atoms with E-state index in [2.05, 4.69) is 5.32 Å². The van der Waals surface area contributed by atoms with E-state index in [1.54, 1.807) is 21.1 Å². The number of rotatable bonds is 9. The zero-order valence-electron chi connectivity index (χ0n) is 12.3. The minimum Gasteiger partial charge on any atom is -0.492 e. The Morgan fingerprint density at radius 1 is 1.40 bits per heavy atom. The maximum Gasteiger partial charge on any atom is 0.176 e. The standard InChI is InChI=1S/C13H22N2O4S/c1-5-9(16)12-10(14)11(19-4)13(20-12)15-6-8(18-3)7-17-2/h8,15H,5-7,14H2,1-4H3. The maximum absolute atomic E-state index is 11.8. The van der Waals surface area contributed by atoms with Gasteiger partial charge in [0.2, 0.25) is 0 Å². The Bertz CT molecular complexity index is 448. The van der Waals surface area contributed by atoms with E-state index in [0.717, 1.165) is 5.00 Å². The third-order valence-electron chi connectivity index (χ3n) is 2.85. The fourth-order valence-corrected chi connectivity index (χ4v) is 2.82. The van der Waals surface area contributed by atoms with E-state index >= 15 is 0 Å². The largest absolute Gasteiger partial charge is 0.492 e. The Kier molecular flexibility index (Phi) is 6.77. The summed E-state index contributed by atoms with van der Waals surface area (Å²) in [6, 6.07) is 0. The highest BCUT2D eigenvalue weighted by atomic mass is 32.1. The Hall–Kier alpha value is -1.31. The van der Waals surface area contributed by atoms with E-state index in [1.807, 2.05) is 0 Å². The molecule has 7 heteroatoms. The summed E-state index contributed by atoms with van der Waals surface area (Å²) in [6.07, 6.45) is 0.330. The minimum absolute atomic E-state index is 0.0130. The molecule has 0 fully saturated rings. The van der Waals surface area contributed by atoms with E-state index in [9.17, 15) is 4.79 Å². The molecule has 0 saturated heterocycles. The molecular weight excluding hydrogens is 280 g/mol. The van der Waals surface area contributed by atoms with Crippen LogP contribution in [-0.4, -0.2) is 46.4 Å². The van der Waals surface area contributed by atoms with Gasteiger partial charge in [-0.3, -0.25) is 4.79 Å². The number of hydrogen-bond donors (Lipinski definition) is 2. The summed E-state index contributed by atoms with van der Waals surface area (Å²) in [5, 5.41) is 3.93. The number of nitrogens with two attached hydrogens (primary N) is 1. The van der Waals surface area contributed by atoms with Crippen molar-refractivity contribution in [2.75, 3.05) is 45.5 Å². The van der Waals surface area contributed by atoms with Gasteiger partial charge in [0.15, 0.2) is 11.5 Å². The summed E-state index contributed by atoms with van der Waals surface area (Å²) < 4.78 is 15.6. The number of ketones is 1. The zero-order valence-corrected chi connectivity index (χ0v) is 13.1. The third-order valence-corrected chi connectivity index (χ3v) is 4.04. The number of carbonyl (C=O) groups excluding carboxylic acids is 1. The molecule has 1 atom stereocenters. The van der Waals surface area contributed by atoms with Crippen LogP contribution >= 0.6 is 11.3 Å². The number of nitrogen functional groups attached to an aromatic ring is 1. The lowest BCUT2D eigenvalue weighted by Gasteiger charge is -2.15. The van der Waals surface area contributed by atoms with E-state index in [0.29, 0.717) is 35.9 Å². The van der Waals surface area contributed by atoms with Gasteiger partial charge in [0.1, 0.15) is 5.00 Å². The molecule has 1 aromatic rings. The van der Waals surface area contributed by atoms with Crippen LogP contribution in [0.3, 0.4) is 0 Å². The van der Waals surface area contributed by atoms with Crippen LogP contribution in [0, 0.1) is 0 Å². The molecule has 1 aromatic heterocycles. The second kappa shape index (κ2) is 8.08. The second-order valence-corrected chi connectivity index (χ2v) is 5.20. The first-order valence-corrected chi connectivity index (χ1v) is 7.15. The highest BCUT2D eigenvalue weighted by Crippen LogP contribution is 2.42. The van der Waals surface area contributed by atoms with Gasteiger partial charge in [0.25, 0.3) is 0 Å². The van der Waals surface area contributed by atoms with E-state index < -0.39 is 0 Å². The molecule has 1 unspecified atom stereocenters. The maximum atomic E-state index is 11.8. The summed E-state index contributed by atoms with van der Waals surface area (Å²) in [6.45, 7) is 2.83. The molecule has 0 amide bonds. The highest BCUT2D eigenvalue weighted by Gasteiger charge is 2.21. The van der Waals surface area contributed by atoms with Crippen LogP contribution in [0.2, 0.25) is 0 Å². The van der Waals surface area contributed by atoms with Crippen molar-refractivity contribution < 1.29 is 19.0 Å². The number of ether oxygens (including phenoxy) is 3. The second-order valence-electron chi connectivity index (χ2n) is 4.18. The van der Waals surface area contributed by atoms with Gasteiger partial charge in [0.05, 0.1) is 30.4 Å². The minimum atomic E-state index is -0.0849. The highest BCUT2D eigenvalue weighted by molar-refractivity contribution is 7.19. The van der Waals surface area contributed by atoms with Crippen molar-refractivity contribution in [3.05, 3.63) is 4.88 Å². The summed E-state index contributed by atoms with van der Waals surface area (Å²) in [5.74, 6) is 0.526. The summed E-state index contributed by atoms with van der Waals surface area (Å²) >= 11 is 1.31. The van der Waals surface area contributed by atoms with Crippen LogP contribution in [0.5, 0.6) is 5.75 Å². The van der Waals surface area contributed by atoms with Gasteiger partial charge >= 0.3 is 0 Å². The van der Waals surface area contributed by atoms with Gasteiger partial charge in [-0.05, 0) is 0 Å². The lowest BCUT2D eigenvalue weighted by molar-refractivity contribution is 0.0366. The molecule has 0 saturated carbocycles. The molecular formula is C13H22N2O4S. The fourth-order valence-electron chi connectivity index (χ4n) is 1.72. The van der Waals surface area contributed by atoms with E-state index in [4.69, 9.17) is 19.9 Å². The Labute approximate surface area is 123 Å². The molecule has 0 aliphatic heterocycles. The predicted octanol–water partition coefficient (Wildman–Crippen LogP) is 2.00. The van der Waals surface area contributed by atoms with Crippen LogP contribution in [-0.2, 0) is 9.47 Å². The number of hydrogen-bond acceptors (Lipinski definition) is 7. The van der Waals surface area contributed by atoms with E-state index in [1.165, 1.54) is 18.4 Å². The topological polar surface area (TPSA) is 82.8 Å². The van der Waals surface area contributed by atoms with E-state index in [-0.39, 0.29) is 11.9 Å². The number of carbonyl (C=O) groups is 1. The number of methoxy groups -OCH3 is 3. The molecule has 0 spiro atoms. The smallest absolute Gasteiger partial charge is 0.176 e.